The van der Waals surface area contributed by atoms with Crippen LogP contribution in [0.25, 0.3) is 0 Å². The summed E-state index contributed by atoms with van der Waals surface area (Å²) >= 11 is 1.50. The van der Waals surface area contributed by atoms with E-state index in [1.54, 1.807) is 6.20 Å². The van der Waals surface area contributed by atoms with Gasteiger partial charge in [0.25, 0.3) is 5.91 Å². The number of hydrogen-bond acceptors (Lipinski definition) is 4. The van der Waals surface area contributed by atoms with Gasteiger partial charge < -0.3 is 9.80 Å². The molecule has 0 bridgehead atoms. The van der Waals surface area contributed by atoms with Crippen molar-refractivity contribution in [2.75, 3.05) is 25.9 Å². The maximum absolute atomic E-state index is 13.4. The molecular formula is C21H29N3O2S. The molecule has 6 heteroatoms. The first-order valence-corrected chi connectivity index (χ1v) is 11.5. The fourth-order valence-corrected chi connectivity index (χ4v) is 5.69. The Morgan fingerprint density at radius 1 is 1.19 bits per heavy atom. The third-order valence-corrected chi connectivity index (χ3v) is 7.33. The Bertz CT molecular complexity index is 719. The summed E-state index contributed by atoms with van der Waals surface area (Å²) in [6, 6.07) is 4.09. The van der Waals surface area contributed by atoms with Gasteiger partial charge in [0.2, 0.25) is 5.91 Å². The minimum atomic E-state index is -0.354. The van der Waals surface area contributed by atoms with Crippen molar-refractivity contribution < 1.29 is 9.59 Å². The number of carbonyl (C=O) groups excluding carboxylic acids is 2. The normalized spacial score (nSPS) is 26.8. The molecule has 1 spiro atoms. The molecule has 2 aliphatic heterocycles. The molecule has 0 N–H and O–H groups in total. The first-order valence-electron chi connectivity index (χ1n) is 10.2. The summed E-state index contributed by atoms with van der Waals surface area (Å²) in [5, 5.41) is 0.766. The zero-order chi connectivity index (χ0) is 18.9. The molecule has 3 heterocycles. The summed E-state index contributed by atoms with van der Waals surface area (Å²) in [6.45, 7) is 2.14. The third-order valence-electron chi connectivity index (χ3n) is 6.62. The minimum Gasteiger partial charge on any atom is -0.339 e. The van der Waals surface area contributed by atoms with Gasteiger partial charge in [0.1, 0.15) is 5.03 Å². The van der Waals surface area contributed by atoms with Gasteiger partial charge in [-0.2, -0.15) is 0 Å². The highest BCUT2D eigenvalue weighted by molar-refractivity contribution is 7.98. The Hall–Kier alpha value is -1.56. The van der Waals surface area contributed by atoms with E-state index >= 15 is 0 Å². The average molecular weight is 388 g/mol. The molecular weight excluding hydrogens is 358 g/mol. The Kier molecular flexibility index (Phi) is 5.44. The van der Waals surface area contributed by atoms with Crippen LogP contribution in [0.2, 0.25) is 0 Å². The van der Waals surface area contributed by atoms with Crippen LogP contribution >= 0.6 is 11.8 Å². The van der Waals surface area contributed by atoms with E-state index in [4.69, 9.17) is 0 Å². The Morgan fingerprint density at radius 2 is 2.00 bits per heavy atom. The molecule has 4 rings (SSSR count). The summed E-state index contributed by atoms with van der Waals surface area (Å²) in [5.74, 6) is 0.333. The zero-order valence-electron chi connectivity index (χ0n) is 16.2. The molecule has 27 heavy (non-hydrogen) atoms. The summed E-state index contributed by atoms with van der Waals surface area (Å²) < 4.78 is 0. The molecule has 3 aliphatic rings. The number of pyridine rings is 1. The lowest BCUT2D eigenvalue weighted by Crippen LogP contribution is -2.54. The second-order valence-electron chi connectivity index (χ2n) is 8.21. The molecule has 0 radical (unpaired) electrons. The van der Waals surface area contributed by atoms with Gasteiger partial charge in [0.05, 0.1) is 11.0 Å². The van der Waals surface area contributed by atoms with Gasteiger partial charge in [-0.05, 0) is 50.5 Å². The van der Waals surface area contributed by atoms with E-state index in [0.29, 0.717) is 30.6 Å². The number of nitrogens with zero attached hydrogens (tertiary/aromatic N) is 3. The van der Waals surface area contributed by atoms with E-state index in [2.05, 4.69) is 9.88 Å². The van der Waals surface area contributed by atoms with E-state index in [0.717, 1.165) is 43.7 Å². The minimum absolute atomic E-state index is 0.0203. The molecule has 1 aromatic rings. The van der Waals surface area contributed by atoms with E-state index < -0.39 is 0 Å². The summed E-state index contributed by atoms with van der Waals surface area (Å²) in [5.41, 5.74) is 0.307. The predicted octanol–water partition coefficient (Wildman–Crippen LogP) is 3.59. The second-order valence-corrected chi connectivity index (χ2v) is 9.01. The number of hydrogen-bond donors (Lipinski definition) is 0. The van der Waals surface area contributed by atoms with E-state index in [9.17, 15) is 9.59 Å². The highest BCUT2D eigenvalue weighted by Crippen LogP contribution is 2.42. The lowest BCUT2D eigenvalue weighted by atomic mass is 9.77. The quantitative estimate of drug-likeness (QED) is 0.744. The SMILES string of the molecule is CSc1ncccc1C(=O)N1CC[C@]2(CCCN(C3CCCCC3)C2=O)C1. The first-order chi connectivity index (χ1) is 13.1. The lowest BCUT2D eigenvalue weighted by molar-refractivity contribution is -0.149. The maximum atomic E-state index is 13.4. The number of piperidine rings is 1. The lowest BCUT2D eigenvalue weighted by Gasteiger charge is -2.44. The highest BCUT2D eigenvalue weighted by Gasteiger charge is 2.50. The summed E-state index contributed by atoms with van der Waals surface area (Å²) in [6.07, 6.45) is 12.5. The van der Waals surface area contributed by atoms with Crippen molar-refractivity contribution in [3.63, 3.8) is 0 Å². The van der Waals surface area contributed by atoms with Crippen LogP contribution in [0.4, 0.5) is 0 Å². The van der Waals surface area contributed by atoms with Crippen LogP contribution < -0.4 is 0 Å². The third kappa shape index (κ3) is 3.48. The number of thioether (sulfide) groups is 1. The Labute approximate surface area is 165 Å². The molecule has 0 aromatic carbocycles. The number of aromatic nitrogens is 1. The van der Waals surface area contributed by atoms with Gasteiger partial charge in [0, 0.05) is 31.9 Å². The zero-order valence-corrected chi connectivity index (χ0v) is 17.0. The fraction of sp³-hybridized carbons (Fsp3) is 0.667. The Morgan fingerprint density at radius 3 is 2.78 bits per heavy atom. The summed E-state index contributed by atoms with van der Waals surface area (Å²) in [7, 11) is 0. The van der Waals surface area contributed by atoms with Crippen LogP contribution in [0.15, 0.2) is 23.4 Å². The highest BCUT2D eigenvalue weighted by atomic mass is 32.2. The largest absolute Gasteiger partial charge is 0.339 e. The smallest absolute Gasteiger partial charge is 0.256 e. The van der Waals surface area contributed by atoms with Crippen LogP contribution in [0, 0.1) is 5.41 Å². The molecule has 1 aromatic heterocycles. The fourth-order valence-electron chi connectivity index (χ4n) is 5.15. The van der Waals surface area contributed by atoms with E-state index in [1.165, 1.54) is 31.0 Å². The number of likely N-dealkylation sites (tertiary alicyclic amines) is 2. The van der Waals surface area contributed by atoms with E-state index in [-0.39, 0.29) is 11.3 Å². The molecule has 2 amide bonds. The van der Waals surface area contributed by atoms with Gasteiger partial charge in [-0.25, -0.2) is 4.98 Å². The van der Waals surface area contributed by atoms with Gasteiger partial charge in [-0.15, -0.1) is 11.8 Å². The maximum Gasteiger partial charge on any atom is 0.256 e. The van der Waals surface area contributed by atoms with Crippen molar-refractivity contribution in [1.29, 1.82) is 0 Å². The molecule has 1 atom stereocenters. The van der Waals surface area contributed by atoms with Crippen LogP contribution in [0.3, 0.4) is 0 Å². The number of rotatable bonds is 3. The second kappa shape index (κ2) is 7.82. The van der Waals surface area contributed by atoms with Crippen molar-refractivity contribution in [2.24, 2.45) is 5.41 Å². The van der Waals surface area contributed by atoms with Crippen LogP contribution in [-0.2, 0) is 4.79 Å². The molecule has 5 nitrogen and oxygen atoms in total. The molecule has 1 saturated carbocycles. The Balaban J connectivity index is 1.50. The number of carbonyl (C=O) groups is 2. The molecule has 146 valence electrons. The molecule has 2 saturated heterocycles. The molecule has 1 aliphatic carbocycles. The number of amides is 2. The van der Waals surface area contributed by atoms with Crippen molar-refractivity contribution in [3.05, 3.63) is 23.9 Å². The van der Waals surface area contributed by atoms with Gasteiger partial charge in [-0.1, -0.05) is 19.3 Å². The standard InChI is InChI=1S/C21H29N3O2S/c1-27-18-17(9-5-12-22-18)19(25)23-14-11-21(15-23)10-6-13-24(20(21)26)16-7-3-2-4-8-16/h5,9,12,16H,2-4,6-8,10-11,13-15H2,1H3/t21-/m1/s1. The topological polar surface area (TPSA) is 53.5 Å². The predicted molar refractivity (Wildman–Crippen MR) is 107 cm³/mol. The first kappa shape index (κ1) is 18.8. The van der Waals surface area contributed by atoms with Crippen LogP contribution in [0.5, 0.6) is 0 Å². The van der Waals surface area contributed by atoms with Crippen molar-refractivity contribution >= 4 is 23.6 Å². The van der Waals surface area contributed by atoms with Crippen LogP contribution in [0.1, 0.15) is 61.7 Å². The van der Waals surface area contributed by atoms with Crippen molar-refractivity contribution in [3.8, 4) is 0 Å². The molecule has 3 fully saturated rings. The van der Waals surface area contributed by atoms with Crippen molar-refractivity contribution in [1.82, 2.24) is 14.8 Å². The van der Waals surface area contributed by atoms with Gasteiger partial charge in [0.15, 0.2) is 0 Å². The summed E-state index contributed by atoms with van der Waals surface area (Å²) in [4.78, 5) is 34.9. The molecule has 0 unspecified atom stereocenters. The van der Waals surface area contributed by atoms with Gasteiger partial charge in [-0.3, -0.25) is 9.59 Å². The van der Waals surface area contributed by atoms with E-state index in [1.807, 2.05) is 23.3 Å². The van der Waals surface area contributed by atoms with Gasteiger partial charge >= 0.3 is 0 Å². The van der Waals surface area contributed by atoms with Crippen LogP contribution in [-0.4, -0.2) is 58.5 Å². The monoisotopic (exact) mass is 387 g/mol. The van der Waals surface area contributed by atoms with Crippen molar-refractivity contribution in [2.45, 2.75) is 62.4 Å². The average Bonchev–Trinajstić information content (AvgIpc) is 3.15.